The Morgan fingerprint density at radius 2 is 0.534 bits per heavy atom. The minimum Gasteiger partial charge on any atom is -0.462 e. The molecule has 0 bridgehead atoms. The van der Waals surface area contributed by atoms with Gasteiger partial charge in [0.15, 0.2) is 6.10 Å². The first kappa shape index (κ1) is 69.1. The Kier molecular flexibility index (Phi) is 57.4. The average molecular weight is 1010 g/mol. The van der Waals surface area contributed by atoms with Crippen LogP contribution in [-0.2, 0) is 28.6 Å². The fourth-order valence-electron chi connectivity index (χ4n) is 8.27. The molecule has 1 unspecified atom stereocenters. The first-order chi connectivity index (χ1) is 36.0. The Balaban J connectivity index is 4.39. The summed E-state index contributed by atoms with van der Waals surface area (Å²) in [6.07, 6.45) is 82.4. The molecule has 0 saturated carbocycles. The zero-order chi connectivity index (χ0) is 52.9. The summed E-state index contributed by atoms with van der Waals surface area (Å²) in [7, 11) is 0. The van der Waals surface area contributed by atoms with Crippen LogP contribution in [0, 0.1) is 0 Å². The molecule has 6 nitrogen and oxygen atoms in total. The second-order valence-electron chi connectivity index (χ2n) is 19.9. The lowest BCUT2D eigenvalue weighted by atomic mass is 10.0. The zero-order valence-electron chi connectivity index (χ0n) is 47.6. The fraction of sp³-hybridized carbons (Fsp3) is 0.687. The first-order valence-corrected chi connectivity index (χ1v) is 30.4. The lowest BCUT2D eigenvalue weighted by Gasteiger charge is -2.18. The van der Waals surface area contributed by atoms with Crippen molar-refractivity contribution >= 4 is 17.9 Å². The van der Waals surface area contributed by atoms with E-state index in [9.17, 15) is 14.4 Å². The summed E-state index contributed by atoms with van der Waals surface area (Å²) in [4.78, 5) is 38.1. The van der Waals surface area contributed by atoms with E-state index in [0.29, 0.717) is 19.3 Å². The number of rotatable bonds is 54. The molecule has 0 aliphatic carbocycles. The molecule has 0 aromatic rings. The van der Waals surface area contributed by atoms with Crippen molar-refractivity contribution in [3.8, 4) is 0 Å². The van der Waals surface area contributed by atoms with Gasteiger partial charge in [0.2, 0.25) is 0 Å². The van der Waals surface area contributed by atoms with Crippen molar-refractivity contribution in [1.82, 2.24) is 0 Å². The summed E-state index contributed by atoms with van der Waals surface area (Å²) >= 11 is 0. The van der Waals surface area contributed by atoms with E-state index in [0.717, 1.165) is 103 Å². The molecule has 1 atom stereocenters. The van der Waals surface area contributed by atoms with Gasteiger partial charge in [-0.05, 0) is 83.5 Å². The van der Waals surface area contributed by atoms with Gasteiger partial charge in [-0.3, -0.25) is 14.4 Å². The maximum absolute atomic E-state index is 12.8. The number of hydrogen-bond acceptors (Lipinski definition) is 6. The van der Waals surface area contributed by atoms with E-state index < -0.39 is 6.10 Å². The SMILES string of the molecule is CC/C=C\C/C=C\C/C=C\C/C=C\C/C=C\C/C=C\C/C=C\C/C=C\C/C=C\CCCC(=O)OCC(COC(=O)CCCCCCCCCCCCCC)OC(=O)CCCCCCCCCCCCCCCC. The van der Waals surface area contributed by atoms with E-state index in [-0.39, 0.29) is 37.5 Å². The van der Waals surface area contributed by atoms with Crippen molar-refractivity contribution in [3.63, 3.8) is 0 Å². The molecule has 0 aliphatic rings. The van der Waals surface area contributed by atoms with Gasteiger partial charge in [0.05, 0.1) is 0 Å². The highest BCUT2D eigenvalue weighted by atomic mass is 16.6. The molecule has 0 N–H and O–H groups in total. The monoisotopic (exact) mass is 1010 g/mol. The quantitative estimate of drug-likeness (QED) is 0.0261. The largest absolute Gasteiger partial charge is 0.462 e. The van der Waals surface area contributed by atoms with E-state index in [1.54, 1.807) is 0 Å². The lowest BCUT2D eigenvalue weighted by Crippen LogP contribution is -2.30. The number of ether oxygens (including phenoxy) is 3. The topological polar surface area (TPSA) is 78.9 Å². The predicted molar refractivity (Wildman–Crippen MR) is 316 cm³/mol. The number of esters is 3. The average Bonchev–Trinajstić information content (AvgIpc) is 3.39. The van der Waals surface area contributed by atoms with Crippen molar-refractivity contribution in [2.24, 2.45) is 0 Å². The van der Waals surface area contributed by atoms with Gasteiger partial charge in [0.25, 0.3) is 0 Å². The highest BCUT2D eigenvalue weighted by Gasteiger charge is 2.19. The van der Waals surface area contributed by atoms with Gasteiger partial charge < -0.3 is 14.2 Å². The number of carbonyl (C=O) groups is 3. The third-order valence-electron chi connectivity index (χ3n) is 12.8. The van der Waals surface area contributed by atoms with Gasteiger partial charge >= 0.3 is 17.9 Å². The van der Waals surface area contributed by atoms with Crippen molar-refractivity contribution < 1.29 is 28.6 Å². The van der Waals surface area contributed by atoms with Crippen molar-refractivity contribution in [2.75, 3.05) is 13.2 Å². The lowest BCUT2D eigenvalue weighted by molar-refractivity contribution is -0.167. The van der Waals surface area contributed by atoms with Gasteiger partial charge in [-0.25, -0.2) is 0 Å². The highest BCUT2D eigenvalue weighted by Crippen LogP contribution is 2.16. The Labute approximate surface area is 450 Å². The Morgan fingerprint density at radius 3 is 0.836 bits per heavy atom. The van der Waals surface area contributed by atoms with E-state index in [1.165, 1.54) is 128 Å². The molecule has 73 heavy (non-hydrogen) atoms. The van der Waals surface area contributed by atoms with Gasteiger partial charge in [-0.15, -0.1) is 0 Å². The van der Waals surface area contributed by atoms with Crippen LogP contribution < -0.4 is 0 Å². The van der Waals surface area contributed by atoms with E-state index in [4.69, 9.17) is 14.2 Å². The van der Waals surface area contributed by atoms with Gasteiger partial charge in [0.1, 0.15) is 13.2 Å². The fourth-order valence-corrected chi connectivity index (χ4v) is 8.27. The maximum atomic E-state index is 12.8. The molecule has 6 heteroatoms. The first-order valence-electron chi connectivity index (χ1n) is 30.4. The van der Waals surface area contributed by atoms with Gasteiger partial charge in [-0.1, -0.05) is 284 Å². The summed E-state index contributed by atoms with van der Waals surface area (Å²) in [5, 5.41) is 0. The molecule has 0 aromatic carbocycles. The molecule has 0 spiro atoms. The van der Waals surface area contributed by atoms with Crippen molar-refractivity contribution in [2.45, 2.75) is 284 Å². The third kappa shape index (κ3) is 58.8. The summed E-state index contributed by atoms with van der Waals surface area (Å²) < 4.78 is 16.8. The number of hydrogen-bond donors (Lipinski definition) is 0. The molecule has 416 valence electrons. The van der Waals surface area contributed by atoms with Gasteiger partial charge in [0, 0.05) is 19.3 Å². The Hall–Kier alpha value is -3.93. The molecule has 0 amide bonds. The Morgan fingerprint density at radius 1 is 0.288 bits per heavy atom. The molecule has 0 fully saturated rings. The summed E-state index contributed by atoms with van der Waals surface area (Å²) in [6.45, 7) is 6.49. The van der Waals surface area contributed by atoms with Gasteiger partial charge in [-0.2, -0.15) is 0 Å². The molecule has 0 rings (SSSR count). The third-order valence-corrected chi connectivity index (χ3v) is 12.8. The highest BCUT2D eigenvalue weighted by molar-refractivity contribution is 5.71. The molecule has 0 aromatic heterocycles. The van der Waals surface area contributed by atoms with Crippen LogP contribution in [-0.4, -0.2) is 37.2 Å². The van der Waals surface area contributed by atoms with Crippen LogP contribution in [0.3, 0.4) is 0 Å². The van der Waals surface area contributed by atoms with Crippen LogP contribution in [0.15, 0.2) is 109 Å². The smallest absolute Gasteiger partial charge is 0.306 e. The standard InChI is InChI=1S/C67H112O6/c1-4-7-10-13-16-19-22-25-27-28-29-30-31-32-33-34-35-36-37-38-39-40-41-43-45-48-51-54-57-60-66(69)72-63-64(62-71-65(68)59-56-53-50-47-44-24-21-18-15-12-9-6-3)73-67(70)61-58-55-52-49-46-42-26-23-20-17-14-11-8-5-2/h7,10,16,19,25,27,29-30,32-33,35-36,38-39,41,43,48,51,64H,4-6,8-9,11-15,17-18,20-24,26,28,31,34,37,40,42,44-47,49-50,52-63H2,1-3H3/b10-7-,19-16-,27-25-,30-29-,33-32-,36-35-,39-38-,43-41-,51-48-. The summed E-state index contributed by atoms with van der Waals surface area (Å²) in [5.74, 6) is -0.950. The maximum Gasteiger partial charge on any atom is 0.306 e. The van der Waals surface area contributed by atoms with Crippen LogP contribution in [0.2, 0.25) is 0 Å². The second-order valence-corrected chi connectivity index (χ2v) is 19.9. The minimum absolute atomic E-state index is 0.0929. The number of allylic oxidation sites excluding steroid dienone is 18. The molecule has 0 saturated heterocycles. The molecule has 0 heterocycles. The summed E-state index contributed by atoms with van der Waals surface area (Å²) in [5.41, 5.74) is 0. The molecular formula is C67H112O6. The van der Waals surface area contributed by atoms with Crippen LogP contribution in [0.5, 0.6) is 0 Å². The van der Waals surface area contributed by atoms with E-state index in [2.05, 4.69) is 130 Å². The van der Waals surface area contributed by atoms with Crippen LogP contribution in [0.1, 0.15) is 278 Å². The zero-order valence-corrected chi connectivity index (χ0v) is 47.6. The minimum atomic E-state index is -0.799. The van der Waals surface area contributed by atoms with E-state index >= 15 is 0 Å². The van der Waals surface area contributed by atoms with E-state index in [1.807, 2.05) is 0 Å². The number of carbonyl (C=O) groups excluding carboxylic acids is 3. The van der Waals surface area contributed by atoms with Crippen LogP contribution in [0.4, 0.5) is 0 Å². The Bertz CT molecular complexity index is 1490. The van der Waals surface area contributed by atoms with Crippen LogP contribution >= 0.6 is 0 Å². The number of unbranched alkanes of at least 4 members (excludes halogenated alkanes) is 25. The molecular weight excluding hydrogens is 901 g/mol. The second kappa shape index (κ2) is 60.6. The predicted octanol–water partition coefficient (Wildman–Crippen LogP) is 20.7. The van der Waals surface area contributed by atoms with Crippen molar-refractivity contribution in [3.05, 3.63) is 109 Å². The van der Waals surface area contributed by atoms with Crippen LogP contribution in [0.25, 0.3) is 0 Å². The summed E-state index contributed by atoms with van der Waals surface area (Å²) in [6, 6.07) is 0. The van der Waals surface area contributed by atoms with Crippen molar-refractivity contribution in [1.29, 1.82) is 0 Å². The normalized spacial score (nSPS) is 12.9. The molecule has 0 aliphatic heterocycles. The molecule has 0 radical (unpaired) electrons.